The second-order valence-electron chi connectivity index (χ2n) is 5.59. The molecule has 3 aromatic rings. The number of amides is 1. The maximum absolute atomic E-state index is 12.7. The molecule has 3 rings (SSSR count). The number of rotatable bonds is 4. The van der Waals surface area contributed by atoms with Crippen molar-refractivity contribution in [1.82, 2.24) is 9.78 Å². The summed E-state index contributed by atoms with van der Waals surface area (Å²) in [5.74, 6) is -0.640. The first-order valence-electron chi connectivity index (χ1n) is 7.57. The van der Waals surface area contributed by atoms with Crippen molar-refractivity contribution in [3.05, 3.63) is 82.6 Å². The Balaban J connectivity index is 1.70. The van der Waals surface area contributed by atoms with Gasteiger partial charge in [0.25, 0.3) is 5.91 Å². The molecule has 26 heavy (non-hydrogen) atoms. The quantitative estimate of drug-likeness (QED) is 0.704. The molecule has 1 heterocycles. The highest BCUT2D eigenvalue weighted by Gasteiger charge is 2.30. The summed E-state index contributed by atoms with van der Waals surface area (Å²) < 4.78 is 39.8. The molecule has 0 bridgehead atoms. The van der Waals surface area contributed by atoms with Crippen LogP contribution < -0.4 is 5.32 Å². The normalized spacial score (nSPS) is 11.4. The van der Waals surface area contributed by atoms with Crippen LogP contribution >= 0.6 is 11.6 Å². The van der Waals surface area contributed by atoms with Crippen molar-refractivity contribution in [1.29, 1.82) is 0 Å². The summed E-state index contributed by atoms with van der Waals surface area (Å²) in [5, 5.41) is 7.27. The van der Waals surface area contributed by atoms with E-state index in [2.05, 4.69) is 10.4 Å². The van der Waals surface area contributed by atoms with Crippen LogP contribution in [0.3, 0.4) is 0 Å². The molecule has 0 saturated carbocycles. The summed E-state index contributed by atoms with van der Waals surface area (Å²) >= 11 is 5.93. The summed E-state index contributed by atoms with van der Waals surface area (Å²) in [5.41, 5.74) is 0.356. The predicted molar refractivity (Wildman–Crippen MR) is 92.2 cm³/mol. The SMILES string of the molecule is O=C(Nc1cnn(Cc2cccc(Cl)c2)c1)c1cccc(C(F)(F)F)c1. The fourth-order valence-electron chi connectivity index (χ4n) is 2.38. The molecule has 2 aromatic carbocycles. The van der Waals surface area contributed by atoms with Crippen LogP contribution in [-0.2, 0) is 12.7 Å². The zero-order chi connectivity index (χ0) is 18.7. The van der Waals surface area contributed by atoms with Crippen LogP contribution in [0.2, 0.25) is 5.02 Å². The average Bonchev–Trinajstić information content (AvgIpc) is 3.01. The molecular weight excluding hydrogens is 367 g/mol. The zero-order valence-corrected chi connectivity index (χ0v) is 14.1. The third-order valence-electron chi connectivity index (χ3n) is 3.58. The second-order valence-corrected chi connectivity index (χ2v) is 6.03. The zero-order valence-electron chi connectivity index (χ0n) is 13.3. The Morgan fingerprint density at radius 1 is 1.15 bits per heavy atom. The number of nitrogens with zero attached hydrogens (tertiary/aromatic N) is 2. The number of hydrogen-bond donors (Lipinski definition) is 1. The molecule has 8 heteroatoms. The van der Waals surface area contributed by atoms with E-state index in [4.69, 9.17) is 11.6 Å². The maximum atomic E-state index is 12.7. The number of halogens is 4. The van der Waals surface area contributed by atoms with Crippen LogP contribution in [-0.4, -0.2) is 15.7 Å². The maximum Gasteiger partial charge on any atom is 0.416 e. The van der Waals surface area contributed by atoms with Gasteiger partial charge < -0.3 is 5.32 Å². The Labute approximate surface area is 152 Å². The Bertz CT molecular complexity index is 937. The van der Waals surface area contributed by atoms with Gasteiger partial charge in [-0.1, -0.05) is 29.8 Å². The number of anilines is 1. The molecule has 1 aromatic heterocycles. The van der Waals surface area contributed by atoms with Gasteiger partial charge in [0.05, 0.1) is 24.0 Å². The van der Waals surface area contributed by atoms with Gasteiger partial charge in [0, 0.05) is 16.8 Å². The molecule has 0 fully saturated rings. The predicted octanol–water partition coefficient (Wildman–Crippen LogP) is 4.86. The summed E-state index contributed by atoms with van der Waals surface area (Å²) in [6, 6.07) is 11.5. The van der Waals surface area contributed by atoms with Gasteiger partial charge in [0.15, 0.2) is 0 Å². The summed E-state index contributed by atoms with van der Waals surface area (Å²) in [7, 11) is 0. The molecule has 0 aliphatic carbocycles. The van der Waals surface area contributed by atoms with Crippen molar-refractivity contribution in [2.75, 3.05) is 5.32 Å². The van der Waals surface area contributed by atoms with E-state index in [9.17, 15) is 18.0 Å². The standard InChI is InChI=1S/C18H13ClF3N3O/c19-15-6-1-3-12(7-15)10-25-11-16(9-23-25)24-17(26)13-4-2-5-14(8-13)18(20,21)22/h1-9,11H,10H2,(H,24,26). The van der Waals surface area contributed by atoms with Gasteiger partial charge in [-0.3, -0.25) is 9.48 Å². The molecule has 1 N–H and O–H groups in total. The highest BCUT2D eigenvalue weighted by atomic mass is 35.5. The van der Waals surface area contributed by atoms with Crippen LogP contribution in [0, 0.1) is 0 Å². The number of alkyl halides is 3. The third-order valence-corrected chi connectivity index (χ3v) is 3.81. The van der Waals surface area contributed by atoms with E-state index < -0.39 is 17.6 Å². The lowest BCUT2D eigenvalue weighted by Gasteiger charge is -2.08. The summed E-state index contributed by atoms with van der Waals surface area (Å²) in [4.78, 5) is 12.2. The van der Waals surface area contributed by atoms with Gasteiger partial charge in [-0.15, -0.1) is 0 Å². The number of carbonyl (C=O) groups excluding carboxylic acids is 1. The Hall–Kier alpha value is -2.80. The molecule has 1 amide bonds. The topological polar surface area (TPSA) is 46.9 Å². The lowest BCUT2D eigenvalue weighted by molar-refractivity contribution is -0.137. The molecule has 0 unspecified atom stereocenters. The minimum absolute atomic E-state index is 0.0811. The van der Waals surface area contributed by atoms with Gasteiger partial charge in [0.2, 0.25) is 0 Å². The van der Waals surface area contributed by atoms with E-state index in [1.807, 2.05) is 12.1 Å². The van der Waals surface area contributed by atoms with Crippen molar-refractivity contribution >= 4 is 23.2 Å². The van der Waals surface area contributed by atoms with Crippen molar-refractivity contribution in [3.8, 4) is 0 Å². The van der Waals surface area contributed by atoms with Crippen molar-refractivity contribution in [3.63, 3.8) is 0 Å². The van der Waals surface area contributed by atoms with Crippen LogP contribution in [0.4, 0.5) is 18.9 Å². The molecule has 4 nitrogen and oxygen atoms in total. The minimum atomic E-state index is -4.50. The van der Waals surface area contributed by atoms with Gasteiger partial charge >= 0.3 is 6.18 Å². The monoisotopic (exact) mass is 379 g/mol. The lowest BCUT2D eigenvalue weighted by Crippen LogP contribution is -2.13. The lowest BCUT2D eigenvalue weighted by atomic mass is 10.1. The number of hydrogen-bond acceptors (Lipinski definition) is 2. The fourth-order valence-corrected chi connectivity index (χ4v) is 2.59. The smallest absolute Gasteiger partial charge is 0.319 e. The molecule has 0 aliphatic rings. The van der Waals surface area contributed by atoms with Crippen molar-refractivity contribution < 1.29 is 18.0 Å². The first-order valence-corrected chi connectivity index (χ1v) is 7.94. The molecule has 0 aliphatic heterocycles. The van der Waals surface area contributed by atoms with Crippen LogP contribution in [0.15, 0.2) is 60.9 Å². The van der Waals surface area contributed by atoms with E-state index in [0.717, 1.165) is 17.7 Å². The van der Waals surface area contributed by atoms with E-state index in [1.165, 1.54) is 18.3 Å². The van der Waals surface area contributed by atoms with Gasteiger partial charge in [-0.05, 0) is 35.9 Å². The molecule has 0 atom stereocenters. The Morgan fingerprint density at radius 2 is 1.92 bits per heavy atom. The molecular formula is C18H13ClF3N3O. The highest BCUT2D eigenvalue weighted by molar-refractivity contribution is 6.30. The number of aromatic nitrogens is 2. The van der Waals surface area contributed by atoms with E-state index >= 15 is 0 Å². The van der Waals surface area contributed by atoms with E-state index in [0.29, 0.717) is 17.3 Å². The van der Waals surface area contributed by atoms with Crippen LogP contribution in [0.1, 0.15) is 21.5 Å². The first kappa shape index (κ1) is 18.0. The highest BCUT2D eigenvalue weighted by Crippen LogP contribution is 2.29. The summed E-state index contributed by atoms with van der Waals surface area (Å²) in [6.07, 6.45) is -1.49. The van der Waals surface area contributed by atoms with Crippen LogP contribution in [0.25, 0.3) is 0 Å². The first-order chi connectivity index (χ1) is 12.3. The molecule has 0 saturated heterocycles. The molecule has 0 radical (unpaired) electrons. The summed E-state index contributed by atoms with van der Waals surface area (Å²) in [6.45, 7) is 0.444. The largest absolute Gasteiger partial charge is 0.416 e. The average molecular weight is 380 g/mol. The Kier molecular flexibility index (Phi) is 4.99. The van der Waals surface area contributed by atoms with E-state index in [-0.39, 0.29) is 5.56 Å². The third kappa shape index (κ3) is 4.43. The van der Waals surface area contributed by atoms with Gasteiger partial charge in [-0.25, -0.2) is 0 Å². The number of carbonyl (C=O) groups is 1. The van der Waals surface area contributed by atoms with Gasteiger partial charge in [-0.2, -0.15) is 18.3 Å². The molecule has 134 valence electrons. The van der Waals surface area contributed by atoms with Crippen molar-refractivity contribution in [2.24, 2.45) is 0 Å². The fraction of sp³-hybridized carbons (Fsp3) is 0.111. The van der Waals surface area contributed by atoms with Crippen LogP contribution in [0.5, 0.6) is 0 Å². The molecule has 0 spiro atoms. The number of nitrogens with one attached hydrogen (secondary N) is 1. The van der Waals surface area contributed by atoms with Gasteiger partial charge in [0.1, 0.15) is 0 Å². The van der Waals surface area contributed by atoms with Crippen molar-refractivity contribution in [2.45, 2.75) is 12.7 Å². The second kappa shape index (κ2) is 7.21. The minimum Gasteiger partial charge on any atom is -0.319 e. The Morgan fingerprint density at radius 3 is 2.65 bits per heavy atom. The number of benzene rings is 2. The van der Waals surface area contributed by atoms with E-state index in [1.54, 1.807) is 23.0 Å².